The minimum atomic E-state index is -0.522. The van der Waals surface area contributed by atoms with Crippen LogP contribution in [0, 0.1) is 11.6 Å². The number of nitrogens with one attached hydrogen (secondary N) is 3. The van der Waals surface area contributed by atoms with Crippen molar-refractivity contribution in [2.75, 3.05) is 19.6 Å². The molecule has 1 amide bonds. The molecule has 3 N–H and O–H groups in total. The standard InChI is InChI=1S/C12H15F2N3O/c13-9-1-2-10(14)8(5-9)6-17-12(18)11-7-15-3-4-16-11/h1-2,5,11,15-16H,3-4,6-7H2,(H,17,18). The molecule has 1 aromatic rings. The molecule has 1 heterocycles. The van der Waals surface area contributed by atoms with E-state index in [0.717, 1.165) is 24.7 Å². The molecule has 1 unspecified atom stereocenters. The fourth-order valence-corrected chi connectivity index (χ4v) is 1.82. The van der Waals surface area contributed by atoms with Gasteiger partial charge in [0.05, 0.1) is 6.04 Å². The molecule has 1 fully saturated rings. The van der Waals surface area contributed by atoms with Crippen LogP contribution in [0.3, 0.4) is 0 Å². The van der Waals surface area contributed by atoms with Crippen molar-refractivity contribution in [3.8, 4) is 0 Å². The van der Waals surface area contributed by atoms with Crippen LogP contribution < -0.4 is 16.0 Å². The number of halogens is 2. The normalized spacial score (nSPS) is 19.6. The van der Waals surface area contributed by atoms with E-state index < -0.39 is 11.6 Å². The molecular weight excluding hydrogens is 240 g/mol. The molecule has 6 heteroatoms. The number of carbonyl (C=O) groups is 1. The molecule has 0 spiro atoms. The monoisotopic (exact) mass is 255 g/mol. The molecule has 0 radical (unpaired) electrons. The molecule has 1 saturated heterocycles. The largest absolute Gasteiger partial charge is 0.351 e. The summed E-state index contributed by atoms with van der Waals surface area (Å²) in [6, 6.07) is 2.86. The highest BCUT2D eigenvalue weighted by Crippen LogP contribution is 2.09. The predicted molar refractivity (Wildman–Crippen MR) is 62.9 cm³/mol. The lowest BCUT2D eigenvalue weighted by Crippen LogP contribution is -2.55. The highest BCUT2D eigenvalue weighted by atomic mass is 19.1. The van der Waals surface area contributed by atoms with Crippen LogP contribution in [0.5, 0.6) is 0 Å². The highest BCUT2D eigenvalue weighted by molar-refractivity contribution is 5.82. The number of hydrogen-bond acceptors (Lipinski definition) is 3. The third-order valence-corrected chi connectivity index (χ3v) is 2.82. The molecule has 1 aromatic carbocycles. The molecule has 0 aliphatic carbocycles. The quantitative estimate of drug-likeness (QED) is 0.720. The average Bonchev–Trinajstić information content (AvgIpc) is 2.40. The Balaban J connectivity index is 1.90. The van der Waals surface area contributed by atoms with Gasteiger partial charge in [-0.3, -0.25) is 4.79 Å². The first kappa shape index (κ1) is 12.9. The van der Waals surface area contributed by atoms with Gasteiger partial charge in [-0.15, -0.1) is 0 Å². The first-order chi connectivity index (χ1) is 8.66. The molecular formula is C12H15F2N3O. The van der Waals surface area contributed by atoms with E-state index in [9.17, 15) is 13.6 Å². The van der Waals surface area contributed by atoms with Gasteiger partial charge in [0.2, 0.25) is 5.91 Å². The van der Waals surface area contributed by atoms with Gasteiger partial charge in [-0.1, -0.05) is 0 Å². The van der Waals surface area contributed by atoms with E-state index in [0.29, 0.717) is 13.1 Å². The summed E-state index contributed by atoms with van der Waals surface area (Å²) in [5.74, 6) is -1.25. The topological polar surface area (TPSA) is 53.2 Å². The van der Waals surface area contributed by atoms with E-state index in [4.69, 9.17) is 0 Å². The van der Waals surface area contributed by atoms with Gasteiger partial charge in [0.1, 0.15) is 11.6 Å². The summed E-state index contributed by atoms with van der Waals surface area (Å²) in [6.07, 6.45) is 0. The Kier molecular flexibility index (Phi) is 4.22. The van der Waals surface area contributed by atoms with Gasteiger partial charge in [-0.2, -0.15) is 0 Å². The van der Waals surface area contributed by atoms with Crippen LogP contribution in [0.15, 0.2) is 18.2 Å². The molecule has 1 aliphatic rings. The number of benzene rings is 1. The molecule has 1 atom stereocenters. The molecule has 0 bridgehead atoms. The third kappa shape index (κ3) is 3.24. The summed E-state index contributed by atoms with van der Waals surface area (Å²) < 4.78 is 26.2. The van der Waals surface area contributed by atoms with Gasteiger partial charge >= 0.3 is 0 Å². The lowest BCUT2D eigenvalue weighted by Gasteiger charge is -2.23. The van der Waals surface area contributed by atoms with E-state index >= 15 is 0 Å². The van der Waals surface area contributed by atoms with Crippen molar-refractivity contribution in [1.29, 1.82) is 0 Å². The summed E-state index contributed by atoms with van der Waals surface area (Å²) >= 11 is 0. The van der Waals surface area contributed by atoms with Crippen LogP contribution in [0.4, 0.5) is 8.78 Å². The van der Waals surface area contributed by atoms with E-state index in [2.05, 4.69) is 16.0 Å². The second kappa shape index (κ2) is 5.88. The maximum atomic E-state index is 13.3. The molecule has 2 rings (SSSR count). The summed E-state index contributed by atoms with van der Waals surface area (Å²) in [6.45, 7) is 2.06. The fraction of sp³-hybridized carbons (Fsp3) is 0.417. The zero-order chi connectivity index (χ0) is 13.0. The zero-order valence-corrected chi connectivity index (χ0v) is 9.80. The van der Waals surface area contributed by atoms with Crippen LogP contribution in [0.2, 0.25) is 0 Å². The van der Waals surface area contributed by atoms with E-state index in [1.165, 1.54) is 0 Å². The van der Waals surface area contributed by atoms with Crippen molar-refractivity contribution in [2.24, 2.45) is 0 Å². The lowest BCUT2D eigenvalue weighted by molar-refractivity contribution is -0.123. The minimum absolute atomic E-state index is 0.0133. The molecule has 4 nitrogen and oxygen atoms in total. The number of hydrogen-bond donors (Lipinski definition) is 3. The van der Waals surface area contributed by atoms with Crippen LogP contribution >= 0.6 is 0 Å². The van der Waals surface area contributed by atoms with Crippen LogP contribution in [-0.4, -0.2) is 31.6 Å². The van der Waals surface area contributed by atoms with Gasteiger partial charge < -0.3 is 16.0 Å². The Hall–Kier alpha value is -1.53. The van der Waals surface area contributed by atoms with Gasteiger partial charge in [0.25, 0.3) is 0 Å². The number of carbonyl (C=O) groups excluding carboxylic acids is 1. The molecule has 0 aromatic heterocycles. The first-order valence-corrected chi connectivity index (χ1v) is 5.82. The lowest BCUT2D eigenvalue weighted by atomic mass is 10.2. The summed E-state index contributed by atoms with van der Waals surface area (Å²) in [5, 5.41) is 8.70. The Morgan fingerprint density at radius 2 is 2.22 bits per heavy atom. The van der Waals surface area contributed by atoms with Crippen LogP contribution in [-0.2, 0) is 11.3 Å². The molecule has 0 saturated carbocycles. The predicted octanol–water partition coefficient (Wildman–Crippen LogP) is 0.142. The SMILES string of the molecule is O=C(NCc1cc(F)ccc1F)C1CNCCN1. The van der Waals surface area contributed by atoms with Crippen molar-refractivity contribution >= 4 is 5.91 Å². The van der Waals surface area contributed by atoms with E-state index in [1.54, 1.807) is 0 Å². The first-order valence-electron chi connectivity index (χ1n) is 5.82. The highest BCUT2D eigenvalue weighted by Gasteiger charge is 2.20. The molecule has 18 heavy (non-hydrogen) atoms. The average molecular weight is 255 g/mol. The third-order valence-electron chi connectivity index (χ3n) is 2.82. The van der Waals surface area contributed by atoms with Crippen molar-refractivity contribution in [1.82, 2.24) is 16.0 Å². The maximum absolute atomic E-state index is 13.3. The van der Waals surface area contributed by atoms with Crippen molar-refractivity contribution in [2.45, 2.75) is 12.6 Å². The van der Waals surface area contributed by atoms with Crippen LogP contribution in [0.1, 0.15) is 5.56 Å². The summed E-state index contributed by atoms with van der Waals surface area (Å²) in [4.78, 5) is 11.7. The minimum Gasteiger partial charge on any atom is -0.351 e. The molecule has 98 valence electrons. The van der Waals surface area contributed by atoms with Crippen molar-refractivity contribution in [3.63, 3.8) is 0 Å². The number of rotatable bonds is 3. The Bertz CT molecular complexity index is 433. The van der Waals surface area contributed by atoms with Gasteiger partial charge in [0, 0.05) is 31.7 Å². The fourth-order valence-electron chi connectivity index (χ4n) is 1.82. The maximum Gasteiger partial charge on any atom is 0.238 e. The van der Waals surface area contributed by atoms with Crippen molar-refractivity contribution in [3.05, 3.63) is 35.4 Å². The Labute approximate surface area is 104 Å². The second-order valence-electron chi connectivity index (χ2n) is 4.16. The van der Waals surface area contributed by atoms with Gasteiger partial charge in [-0.05, 0) is 18.2 Å². The Morgan fingerprint density at radius 3 is 2.94 bits per heavy atom. The summed E-state index contributed by atoms with van der Waals surface area (Å²) in [7, 11) is 0. The van der Waals surface area contributed by atoms with Gasteiger partial charge in [0.15, 0.2) is 0 Å². The molecule has 1 aliphatic heterocycles. The smallest absolute Gasteiger partial charge is 0.238 e. The number of amides is 1. The Morgan fingerprint density at radius 1 is 1.39 bits per heavy atom. The van der Waals surface area contributed by atoms with Crippen molar-refractivity contribution < 1.29 is 13.6 Å². The second-order valence-corrected chi connectivity index (χ2v) is 4.16. The summed E-state index contributed by atoms with van der Waals surface area (Å²) in [5.41, 5.74) is 0.145. The zero-order valence-electron chi connectivity index (χ0n) is 9.80. The van der Waals surface area contributed by atoms with Crippen LogP contribution in [0.25, 0.3) is 0 Å². The van der Waals surface area contributed by atoms with Gasteiger partial charge in [-0.25, -0.2) is 8.78 Å². The number of piperazine rings is 1. The van der Waals surface area contributed by atoms with E-state index in [-0.39, 0.29) is 24.1 Å². The van der Waals surface area contributed by atoms with E-state index in [1.807, 2.05) is 0 Å².